The van der Waals surface area contributed by atoms with Crippen molar-refractivity contribution in [2.75, 3.05) is 13.2 Å². The smallest absolute Gasteiger partial charge is 0.293 e. The Bertz CT molecular complexity index is 491. The number of aliphatic hydroxyl groups excluding tert-OH is 1. The molecule has 6 heteroatoms. The average molecular weight is 279 g/mol. The first kappa shape index (κ1) is 14.7. The average Bonchev–Trinajstić information content (AvgIpc) is 3.10. The van der Waals surface area contributed by atoms with Gasteiger partial charge in [0.05, 0.1) is 19.4 Å². The lowest BCUT2D eigenvalue weighted by Crippen LogP contribution is -2.36. The van der Waals surface area contributed by atoms with Gasteiger partial charge in [0.2, 0.25) is 0 Å². The first-order valence-electron chi connectivity index (χ1n) is 6.99. The lowest BCUT2D eigenvalue weighted by atomic mass is 10.1. The first-order valence-corrected chi connectivity index (χ1v) is 6.99. The molecule has 0 aliphatic heterocycles. The van der Waals surface area contributed by atoms with Gasteiger partial charge in [-0.2, -0.15) is 4.98 Å². The summed E-state index contributed by atoms with van der Waals surface area (Å²) in [6.07, 6.45) is 3.63. The van der Waals surface area contributed by atoms with Crippen LogP contribution in [0, 0.1) is 0 Å². The van der Waals surface area contributed by atoms with E-state index in [0.29, 0.717) is 36.6 Å². The summed E-state index contributed by atoms with van der Waals surface area (Å²) in [5.74, 6) is 1.57. The molecule has 0 radical (unpaired) electrons. The van der Waals surface area contributed by atoms with Crippen LogP contribution >= 0.6 is 0 Å². The zero-order valence-electron chi connectivity index (χ0n) is 12.0. The second-order valence-electron chi connectivity index (χ2n) is 4.66. The second-order valence-corrected chi connectivity index (χ2v) is 4.66. The molecule has 6 nitrogen and oxygen atoms in total. The van der Waals surface area contributed by atoms with Crippen molar-refractivity contribution in [3.63, 3.8) is 0 Å². The van der Waals surface area contributed by atoms with Crippen LogP contribution in [0.2, 0.25) is 0 Å². The summed E-state index contributed by atoms with van der Waals surface area (Å²) in [6, 6.07) is 3.97. The van der Waals surface area contributed by atoms with Gasteiger partial charge in [0.25, 0.3) is 5.89 Å². The topological polar surface area (TPSA) is 75.5 Å². The Morgan fingerprint density at radius 3 is 2.75 bits per heavy atom. The van der Waals surface area contributed by atoms with E-state index in [2.05, 4.69) is 28.9 Å². The molecule has 2 aromatic heterocycles. The molecule has 20 heavy (non-hydrogen) atoms. The van der Waals surface area contributed by atoms with Gasteiger partial charge >= 0.3 is 0 Å². The van der Waals surface area contributed by atoms with Gasteiger partial charge in [-0.15, -0.1) is 0 Å². The molecule has 0 bridgehead atoms. The van der Waals surface area contributed by atoms with Gasteiger partial charge in [-0.3, -0.25) is 4.90 Å². The van der Waals surface area contributed by atoms with Gasteiger partial charge in [-0.05, 0) is 25.0 Å². The number of furan rings is 1. The zero-order chi connectivity index (χ0) is 14.4. The summed E-state index contributed by atoms with van der Waals surface area (Å²) in [5.41, 5.74) is 0. The fourth-order valence-corrected chi connectivity index (χ4v) is 2.32. The molecule has 1 N–H and O–H groups in total. The zero-order valence-corrected chi connectivity index (χ0v) is 12.0. The molecule has 0 amide bonds. The highest BCUT2D eigenvalue weighted by molar-refractivity contribution is 5.42. The second kappa shape index (κ2) is 7.21. The van der Waals surface area contributed by atoms with Gasteiger partial charge in [0.1, 0.15) is 0 Å². The van der Waals surface area contributed by atoms with Crippen LogP contribution in [0.5, 0.6) is 0 Å². The van der Waals surface area contributed by atoms with Crippen LogP contribution in [-0.4, -0.2) is 39.3 Å². The molecular weight excluding hydrogens is 258 g/mol. The van der Waals surface area contributed by atoms with Crippen molar-refractivity contribution in [3.05, 3.63) is 24.2 Å². The highest BCUT2D eigenvalue weighted by Gasteiger charge is 2.18. The third kappa shape index (κ3) is 3.46. The number of aromatic nitrogens is 2. The van der Waals surface area contributed by atoms with Crippen LogP contribution in [0.25, 0.3) is 11.7 Å². The molecule has 2 aromatic rings. The van der Waals surface area contributed by atoms with Crippen molar-refractivity contribution in [1.82, 2.24) is 15.0 Å². The van der Waals surface area contributed by atoms with E-state index in [0.717, 1.165) is 12.8 Å². The minimum absolute atomic E-state index is 0.124. The molecule has 110 valence electrons. The van der Waals surface area contributed by atoms with Crippen molar-refractivity contribution in [3.8, 4) is 11.7 Å². The Hall–Kier alpha value is -1.66. The monoisotopic (exact) mass is 279 g/mol. The highest BCUT2D eigenvalue weighted by Crippen LogP contribution is 2.18. The molecule has 0 aliphatic carbocycles. The number of aliphatic hydroxyl groups is 1. The Morgan fingerprint density at radius 2 is 2.15 bits per heavy atom. The van der Waals surface area contributed by atoms with E-state index < -0.39 is 0 Å². The van der Waals surface area contributed by atoms with Gasteiger partial charge in [-0.1, -0.05) is 19.0 Å². The minimum atomic E-state index is 0.124. The van der Waals surface area contributed by atoms with Gasteiger partial charge in [0.15, 0.2) is 11.6 Å². The van der Waals surface area contributed by atoms with E-state index in [9.17, 15) is 5.11 Å². The summed E-state index contributed by atoms with van der Waals surface area (Å²) >= 11 is 0. The molecular formula is C14H21N3O3. The van der Waals surface area contributed by atoms with Crippen molar-refractivity contribution in [1.29, 1.82) is 0 Å². The van der Waals surface area contributed by atoms with E-state index in [-0.39, 0.29) is 6.61 Å². The van der Waals surface area contributed by atoms with E-state index in [4.69, 9.17) is 8.94 Å². The lowest BCUT2D eigenvalue weighted by molar-refractivity contribution is 0.132. The molecule has 0 aliphatic rings. The maximum atomic E-state index is 9.19. The molecule has 0 spiro atoms. The van der Waals surface area contributed by atoms with Crippen molar-refractivity contribution in [2.45, 2.75) is 39.3 Å². The molecule has 0 fully saturated rings. The van der Waals surface area contributed by atoms with Crippen LogP contribution in [0.1, 0.15) is 32.5 Å². The summed E-state index contributed by atoms with van der Waals surface area (Å²) in [6.45, 7) is 5.58. The van der Waals surface area contributed by atoms with Crippen LogP contribution in [0.3, 0.4) is 0 Å². The van der Waals surface area contributed by atoms with Crippen molar-refractivity contribution < 1.29 is 14.0 Å². The standard InChI is InChI=1S/C14H21N3O3/c1-3-11(4-2)17(7-8-18)10-13-15-14(20-16-13)12-6-5-9-19-12/h5-6,9,11,18H,3-4,7-8,10H2,1-2H3. The predicted octanol–water partition coefficient (Wildman–Crippen LogP) is 2.31. The van der Waals surface area contributed by atoms with Crippen molar-refractivity contribution >= 4 is 0 Å². The Morgan fingerprint density at radius 1 is 1.35 bits per heavy atom. The number of hydrogen-bond donors (Lipinski definition) is 1. The maximum Gasteiger partial charge on any atom is 0.293 e. The van der Waals surface area contributed by atoms with E-state index in [1.807, 2.05) is 0 Å². The Labute approximate surface area is 118 Å². The maximum absolute atomic E-state index is 9.19. The van der Waals surface area contributed by atoms with E-state index >= 15 is 0 Å². The van der Waals surface area contributed by atoms with Gasteiger partial charge in [-0.25, -0.2) is 0 Å². The minimum Gasteiger partial charge on any atom is -0.459 e. The number of nitrogens with zero attached hydrogens (tertiary/aromatic N) is 3. The molecule has 0 saturated carbocycles. The molecule has 2 rings (SSSR count). The van der Waals surface area contributed by atoms with Gasteiger partial charge in [0, 0.05) is 12.6 Å². The van der Waals surface area contributed by atoms with Crippen LogP contribution in [0.4, 0.5) is 0 Å². The fourth-order valence-electron chi connectivity index (χ4n) is 2.32. The van der Waals surface area contributed by atoms with E-state index in [1.54, 1.807) is 18.4 Å². The summed E-state index contributed by atoms with van der Waals surface area (Å²) in [7, 11) is 0. The number of rotatable bonds is 8. The molecule has 0 unspecified atom stereocenters. The largest absolute Gasteiger partial charge is 0.459 e. The third-order valence-corrected chi connectivity index (χ3v) is 3.39. The molecule has 0 atom stereocenters. The normalized spacial score (nSPS) is 11.7. The third-order valence-electron chi connectivity index (χ3n) is 3.39. The van der Waals surface area contributed by atoms with Crippen molar-refractivity contribution in [2.24, 2.45) is 0 Å². The summed E-state index contributed by atoms with van der Waals surface area (Å²) in [4.78, 5) is 6.51. The molecule has 0 aromatic carbocycles. The Kier molecular flexibility index (Phi) is 5.31. The predicted molar refractivity (Wildman–Crippen MR) is 73.9 cm³/mol. The van der Waals surface area contributed by atoms with Crippen LogP contribution in [-0.2, 0) is 6.54 Å². The summed E-state index contributed by atoms with van der Waals surface area (Å²) in [5, 5.41) is 13.2. The lowest BCUT2D eigenvalue weighted by Gasteiger charge is -2.28. The fraction of sp³-hybridized carbons (Fsp3) is 0.571. The Balaban J connectivity index is 2.07. The quantitative estimate of drug-likeness (QED) is 0.799. The SMILES string of the molecule is CCC(CC)N(CCO)Cc1noc(-c2ccco2)n1. The first-order chi connectivity index (χ1) is 9.78. The van der Waals surface area contributed by atoms with Gasteiger partial charge < -0.3 is 14.0 Å². The molecule has 0 saturated heterocycles. The van der Waals surface area contributed by atoms with Crippen LogP contribution < -0.4 is 0 Å². The van der Waals surface area contributed by atoms with E-state index in [1.165, 1.54) is 0 Å². The highest BCUT2D eigenvalue weighted by atomic mass is 16.5. The summed E-state index contributed by atoms with van der Waals surface area (Å²) < 4.78 is 10.4. The van der Waals surface area contributed by atoms with Crippen LogP contribution in [0.15, 0.2) is 27.3 Å². The molecule has 2 heterocycles. The number of hydrogen-bond acceptors (Lipinski definition) is 6.